The predicted molar refractivity (Wildman–Crippen MR) is 57.6 cm³/mol. The maximum Gasteiger partial charge on any atom is 0.333 e. The van der Waals surface area contributed by atoms with Crippen LogP contribution in [0.5, 0.6) is 0 Å². The lowest BCUT2D eigenvalue weighted by molar-refractivity contribution is -0.147. The van der Waals surface area contributed by atoms with Gasteiger partial charge in [-0.15, -0.1) is 0 Å². The van der Waals surface area contributed by atoms with Gasteiger partial charge in [-0.3, -0.25) is 0 Å². The monoisotopic (exact) mass is 259 g/mol. The van der Waals surface area contributed by atoms with Crippen LogP contribution in [0.3, 0.4) is 0 Å². The fourth-order valence-electron chi connectivity index (χ4n) is 2.74. The number of hydrogen-bond donors (Lipinski definition) is 1. The second-order valence-electron chi connectivity index (χ2n) is 4.75. The summed E-state index contributed by atoms with van der Waals surface area (Å²) < 4.78 is 36.7. The van der Waals surface area contributed by atoms with Crippen molar-refractivity contribution >= 4 is 16.0 Å². The molecule has 0 aromatic carbocycles. The van der Waals surface area contributed by atoms with Gasteiger partial charge >= 0.3 is 5.97 Å². The predicted octanol–water partition coefficient (Wildman–Crippen LogP) is -0.684. The first-order valence-electron chi connectivity index (χ1n) is 5.43. The summed E-state index contributed by atoms with van der Waals surface area (Å²) in [5.41, 5.74) is 0.296. The molecule has 5 atom stereocenters. The zero-order chi connectivity index (χ0) is 12.4. The smallest absolute Gasteiger partial charge is 0.333 e. The number of rotatable bonds is 2. The molecule has 7 heteroatoms. The van der Waals surface area contributed by atoms with Crippen LogP contribution in [-0.2, 0) is 24.3 Å². The molecule has 3 heterocycles. The summed E-state index contributed by atoms with van der Waals surface area (Å²) in [5, 5.41) is -0.489. The molecule has 2 bridgehead atoms. The van der Waals surface area contributed by atoms with Crippen molar-refractivity contribution in [3.63, 3.8) is 0 Å². The summed E-state index contributed by atoms with van der Waals surface area (Å²) in [6, 6.07) is -0.438. The molecule has 5 unspecified atom stereocenters. The second kappa shape index (κ2) is 3.30. The molecule has 3 aliphatic rings. The van der Waals surface area contributed by atoms with Crippen LogP contribution >= 0.6 is 0 Å². The van der Waals surface area contributed by atoms with Crippen molar-refractivity contribution in [1.29, 1.82) is 0 Å². The van der Waals surface area contributed by atoms with Crippen molar-refractivity contribution in [2.24, 2.45) is 0 Å². The van der Waals surface area contributed by atoms with Crippen LogP contribution in [0.2, 0.25) is 0 Å². The van der Waals surface area contributed by atoms with E-state index in [4.69, 9.17) is 9.47 Å². The highest BCUT2D eigenvalue weighted by atomic mass is 32.2. The van der Waals surface area contributed by atoms with Crippen molar-refractivity contribution in [2.75, 3.05) is 0 Å². The SMILES string of the molecule is C=C(C)C(=O)OC1C2CC3C(O2)C1NS3(=O)=O. The Hall–Kier alpha value is -0.920. The number of carbonyl (C=O) groups excluding carboxylic acids is 1. The molecular weight excluding hydrogens is 246 g/mol. The molecule has 3 saturated heterocycles. The minimum absolute atomic E-state index is 0.296. The first-order chi connectivity index (χ1) is 7.90. The third-order valence-electron chi connectivity index (χ3n) is 3.53. The van der Waals surface area contributed by atoms with E-state index in [0.717, 1.165) is 0 Å². The zero-order valence-electron chi connectivity index (χ0n) is 9.25. The lowest BCUT2D eigenvalue weighted by Crippen LogP contribution is -2.45. The van der Waals surface area contributed by atoms with Gasteiger partial charge in [0.15, 0.2) is 0 Å². The molecule has 0 aromatic rings. The van der Waals surface area contributed by atoms with Gasteiger partial charge in [0.25, 0.3) is 0 Å². The van der Waals surface area contributed by atoms with Crippen LogP contribution in [0.1, 0.15) is 13.3 Å². The number of ether oxygens (including phenoxy) is 2. The lowest BCUT2D eigenvalue weighted by atomic mass is 9.93. The van der Waals surface area contributed by atoms with Crippen LogP contribution in [0, 0.1) is 0 Å². The molecule has 0 aliphatic carbocycles. The topological polar surface area (TPSA) is 81.7 Å². The third kappa shape index (κ3) is 1.46. The minimum Gasteiger partial charge on any atom is -0.454 e. The quantitative estimate of drug-likeness (QED) is 0.524. The van der Waals surface area contributed by atoms with Gasteiger partial charge < -0.3 is 9.47 Å². The van der Waals surface area contributed by atoms with Gasteiger partial charge in [0.2, 0.25) is 10.0 Å². The van der Waals surface area contributed by atoms with Gasteiger partial charge in [-0.25, -0.2) is 17.9 Å². The molecule has 0 spiro atoms. The van der Waals surface area contributed by atoms with E-state index in [9.17, 15) is 13.2 Å². The fourth-order valence-corrected chi connectivity index (χ4v) is 4.59. The second-order valence-corrected chi connectivity index (χ2v) is 6.68. The molecule has 0 saturated carbocycles. The number of sulfonamides is 1. The maximum absolute atomic E-state index is 11.7. The Kier molecular flexibility index (Phi) is 2.17. The molecule has 0 aromatic heterocycles. The summed E-state index contributed by atoms with van der Waals surface area (Å²) in [6.07, 6.45) is -0.835. The Labute approximate surface area is 99.0 Å². The third-order valence-corrected chi connectivity index (χ3v) is 5.39. The van der Waals surface area contributed by atoms with Crippen LogP contribution in [-0.4, -0.2) is 44.0 Å². The van der Waals surface area contributed by atoms with E-state index in [1.54, 1.807) is 6.92 Å². The van der Waals surface area contributed by atoms with Gasteiger partial charge in [0.1, 0.15) is 11.4 Å². The molecule has 1 N–H and O–H groups in total. The van der Waals surface area contributed by atoms with Crippen molar-refractivity contribution < 1.29 is 22.7 Å². The van der Waals surface area contributed by atoms with E-state index in [2.05, 4.69) is 11.3 Å². The Bertz CT molecular complexity index is 499. The molecule has 17 heavy (non-hydrogen) atoms. The van der Waals surface area contributed by atoms with Crippen LogP contribution < -0.4 is 4.72 Å². The van der Waals surface area contributed by atoms with E-state index < -0.39 is 33.4 Å². The Morgan fingerprint density at radius 3 is 2.88 bits per heavy atom. The summed E-state index contributed by atoms with van der Waals surface area (Å²) in [5.74, 6) is -0.506. The van der Waals surface area contributed by atoms with Gasteiger partial charge in [0.05, 0.1) is 18.2 Å². The molecule has 3 aliphatic heterocycles. The largest absolute Gasteiger partial charge is 0.454 e. The van der Waals surface area contributed by atoms with E-state index in [0.29, 0.717) is 12.0 Å². The summed E-state index contributed by atoms with van der Waals surface area (Å²) in [6.45, 7) is 5.05. The fraction of sp³-hybridized carbons (Fsp3) is 0.700. The summed E-state index contributed by atoms with van der Waals surface area (Å²) in [4.78, 5) is 11.5. The van der Waals surface area contributed by atoms with Crippen LogP contribution in [0.4, 0.5) is 0 Å². The molecular formula is C10H13NO5S. The molecule has 6 nitrogen and oxygen atoms in total. The van der Waals surface area contributed by atoms with Crippen molar-refractivity contribution in [3.05, 3.63) is 12.2 Å². The Morgan fingerprint density at radius 2 is 2.24 bits per heavy atom. The number of carbonyl (C=O) groups is 1. The first-order valence-corrected chi connectivity index (χ1v) is 6.98. The highest BCUT2D eigenvalue weighted by Gasteiger charge is 2.65. The number of fused-ring (bicyclic) bond motifs is 1. The molecule has 3 rings (SSSR count). The lowest BCUT2D eigenvalue weighted by Gasteiger charge is -2.22. The average molecular weight is 259 g/mol. The van der Waals surface area contributed by atoms with Gasteiger partial charge in [-0.1, -0.05) is 6.58 Å². The highest BCUT2D eigenvalue weighted by molar-refractivity contribution is 7.90. The van der Waals surface area contributed by atoms with Crippen LogP contribution in [0.25, 0.3) is 0 Å². The summed E-state index contributed by atoms with van der Waals surface area (Å²) in [7, 11) is -3.31. The maximum atomic E-state index is 11.7. The minimum atomic E-state index is -3.31. The number of nitrogens with one attached hydrogen (secondary N) is 1. The Balaban J connectivity index is 1.83. The van der Waals surface area contributed by atoms with Crippen LogP contribution in [0.15, 0.2) is 12.2 Å². The van der Waals surface area contributed by atoms with E-state index in [-0.39, 0.29) is 12.2 Å². The van der Waals surface area contributed by atoms with Crippen molar-refractivity contribution in [1.82, 2.24) is 4.72 Å². The van der Waals surface area contributed by atoms with Gasteiger partial charge in [0, 0.05) is 5.57 Å². The molecule has 0 radical (unpaired) electrons. The van der Waals surface area contributed by atoms with Gasteiger partial charge in [-0.05, 0) is 13.3 Å². The van der Waals surface area contributed by atoms with E-state index in [1.807, 2.05) is 0 Å². The zero-order valence-corrected chi connectivity index (χ0v) is 10.1. The van der Waals surface area contributed by atoms with Crippen molar-refractivity contribution in [2.45, 2.75) is 42.9 Å². The highest BCUT2D eigenvalue weighted by Crippen LogP contribution is 2.44. The Morgan fingerprint density at radius 1 is 1.53 bits per heavy atom. The van der Waals surface area contributed by atoms with Crippen molar-refractivity contribution in [3.8, 4) is 0 Å². The van der Waals surface area contributed by atoms with E-state index in [1.165, 1.54) is 0 Å². The number of hydrogen-bond acceptors (Lipinski definition) is 5. The molecule has 0 amide bonds. The average Bonchev–Trinajstić information content (AvgIpc) is 2.81. The normalized spacial score (nSPS) is 44.9. The summed E-state index contributed by atoms with van der Waals surface area (Å²) >= 11 is 0. The van der Waals surface area contributed by atoms with E-state index >= 15 is 0 Å². The first kappa shape index (κ1) is 11.2. The molecule has 94 valence electrons. The molecule has 3 fully saturated rings. The standard InChI is InChI=1S/C10H13NO5S/c1-4(2)10(12)16-8-5-3-6-9(15-5)7(8)11-17(6,13)14/h5-9,11H,1,3H2,2H3. The van der Waals surface area contributed by atoms with Gasteiger partial charge in [-0.2, -0.15) is 0 Å². The number of esters is 1.